The molecule has 1 atom stereocenters. The van der Waals surface area contributed by atoms with E-state index >= 15 is 0 Å². The maximum Gasteiger partial charge on any atom is 0.147 e. The Hall–Kier alpha value is -1.11. The Labute approximate surface area is 108 Å². The average molecular weight is 272 g/mol. The van der Waals surface area contributed by atoms with Crippen molar-refractivity contribution >= 4 is 9.84 Å². The fraction of sp³-hybridized carbons (Fsp3) is 0.500. The largest absolute Gasteiger partial charge is 0.492 e. The predicted octanol–water partition coefficient (Wildman–Crippen LogP) is 0.722. The smallest absolute Gasteiger partial charge is 0.147 e. The number of benzene rings is 1. The van der Waals surface area contributed by atoms with E-state index < -0.39 is 9.84 Å². The topological polar surface area (TPSA) is 81.4 Å². The highest BCUT2D eigenvalue weighted by Crippen LogP contribution is 2.09. The van der Waals surface area contributed by atoms with Crippen LogP contribution in [0, 0.1) is 0 Å². The van der Waals surface area contributed by atoms with E-state index in [1.54, 1.807) is 0 Å². The van der Waals surface area contributed by atoms with E-state index in [0.717, 1.165) is 5.75 Å². The predicted molar refractivity (Wildman–Crippen MR) is 72.0 cm³/mol. The van der Waals surface area contributed by atoms with Crippen molar-refractivity contribution < 1.29 is 13.2 Å². The van der Waals surface area contributed by atoms with Gasteiger partial charge in [0.05, 0.1) is 6.04 Å². The summed E-state index contributed by atoms with van der Waals surface area (Å²) in [7, 11) is -2.90. The SMILES string of the molecule is CS(=O)(=O)CCCC(COc1ccccc1)NN. The van der Waals surface area contributed by atoms with Crippen LogP contribution < -0.4 is 16.0 Å². The van der Waals surface area contributed by atoms with Gasteiger partial charge in [-0.25, -0.2) is 8.42 Å². The van der Waals surface area contributed by atoms with Crippen LogP contribution in [-0.4, -0.2) is 33.1 Å². The van der Waals surface area contributed by atoms with Crippen molar-refractivity contribution in [3.05, 3.63) is 30.3 Å². The molecule has 0 saturated heterocycles. The fourth-order valence-corrected chi connectivity index (χ4v) is 2.21. The lowest BCUT2D eigenvalue weighted by Gasteiger charge is -2.16. The van der Waals surface area contributed by atoms with Gasteiger partial charge in [-0.1, -0.05) is 18.2 Å². The number of para-hydroxylation sites is 1. The molecule has 0 aliphatic heterocycles. The third-order valence-electron chi connectivity index (χ3n) is 2.50. The molecule has 6 heteroatoms. The van der Waals surface area contributed by atoms with Gasteiger partial charge in [-0.2, -0.15) is 0 Å². The number of ether oxygens (including phenoxy) is 1. The molecule has 3 N–H and O–H groups in total. The zero-order chi connectivity index (χ0) is 13.4. The molecular weight excluding hydrogens is 252 g/mol. The zero-order valence-electron chi connectivity index (χ0n) is 10.5. The standard InChI is InChI=1S/C12H20N2O3S/c1-18(15,16)9-5-6-11(14-13)10-17-12-7-3-2-4-8-12/h2-4,7-8,11,14H,5-6,9-10,13H2,1H3. The summed E-state index contributed by atoms with van der Waals surface area (Å²) in [5, 5.41) is 0. The van der Waals surface area contributed by atoms with Crippen LogP contribution in [0.2, 0.25) is 0 Å². The Bertz CT molecular complexity index is 434. The minimum atomic E-state index is -2.90. The van der Waals surface area contributed by atoms with Gasteiger partial charge in [-0.15, -0.1) is 0 Å². The molecule has 1 aromatic carbocycles. The molecule has 5 nitrogen and oxygen atoms in total. The second kappa shape index (κ2) is 7.35. The van der Waals surface area contributed by atoms with Gasteiger partial charge < -0.3 is 4.74 Å². The summed E-state index contributed by atoms with van der Waals surface area (Å²) in [5.41, 5.74) is 2.64. The normalized spacial score (nSPS) is 13.2. The summed E-state index contributed by atoms with van der Waals surface area (Å²) in [4.78, 5) is 0. The van der Waals surface area contributed by atoms with Gasteiger partial charge in [-0.05, 0) is 25.0 Å². The second-order valence-corrected chi connectivity index (χ2v) is 6.52. The molecule has 0 bridgehead atoms. The maximum atomic E-state index is 11.0. The van der Waals surface area contributed by atoms with Crippen LogP contribution in [0.4, 0.5) is 0 Å². The molecule has 0 radical (unpaired) electrons. The molecule has 1 unspecified atom stereocenters. The molecule has 0 aromatic heterocycles. The minimum Gasteiger partial charge on any atom is -0.492 e. The average Bonchev–Trinajstić information content (AvgIpc) is 2.33. The Morgan fingerprint density at radius 2 is 2.00 bits per heavy atom. The minimum absolute atomic E-state index is 0.0491. The molecule has 102 valence electrons. The molecule has 18 heavy (non-hydrogen) atoms. The van der Waals surface area contributed by atoms with E-state index in [9.17, 15) is 8.42 Å². The number of nitrogens with one attached hydrogen (secondary N) is 1. The Morgan fingerprint density at radius 3 is 2.56 bits per heavy atom. The van der Waals surface area contributed by atoms with Crippen LogP contribution >= 0.6 is 0 Å². The van der Waals surface area contributed by atoms with E-state index in [-0.39, 0.29) is 11.8 Å². The van der Waals surface area contributed by atoms with Gasteiger partial charge in [0.2, 0.25) is 0 Å². The molecule has 0 heterocycles. The molecule has 1 aromatic rings. The van der Waals surface area contributed by atoms with Gasteiger partial charge in [0.25, 0.3) is 0 Å². The number of sulfone groups is 1. The molecular formula is C12H20N2O3S. The summed E-state index contributed by atoms with van der Waals surface area (Å²) in [6, 6.07) is 9.38. The van der Waals surface area contributed by atoms with Crippen LogP contribution in [0.1, 0.15) is 12.8 Å². The number of rotatable bonds is 8. The van der Waals surface area contributed by atoms with Crippen LogP contribution in [-0.2, 0) is 9.84 Å². The summed E-state index contributed by atoms with van der Waals surface area (Å²) < 4.78 is 27.5. The van der Waals surface area contributed by atoms with Crippen LogP contribution in [0.25, 0.3) is 0 Å². The lowest BCUT2D eigenvalue weighted by molar-refractivity contribution is 0.257. The highest BCUT2D eigenvalue weighted by atomic mass is 32.2. The van der Waals surface area contributed by atoms with Gasteiger partial charge in [-0.3, -0.25) is 11.3 Å². The third kappa shape index (κ3) is 6.58. The van der Waals surface area contributed by atoms with Gasteiger partial charge in [0.1, 0.15) is 22.2 Å². The van der Waals surface area contributed by atoms with Crippen molar-refractivity contribution in [2.75, 3.05) is 18.6 Å². The lowest BCUT2D eigenvalue weighted by atomic mass is 10.2. The van der Waals surface area contributed by atoms with Crippen molar-refractivity contribution in [1.29, 1.82) is 0 Å². The second-order valence-electron chi connectivity index (χ2n) is 4.26. The fourth-order valence-electron chi connectivity index (χ4n) is 1.52. The number of hydrogen-bond donors (Lipinski definition) is 2. The van der Waals surface area contributed by atoms with Crippen molar-refractivity contribution in [1.82, 2.24) is 5.43 Å². The van der Waals surface area contributed by atoms with Crippen molar-refractivity contribution in [2.45, 2.75) is 18.9 Å². The molecule has 0 spiro atoms. The Balaban J connectivity index is 2.30. The molecule has 0 aliphatic carbocycles. The summed E-state index contributed by atoms with van der Waals surface area (Å²) in [6.45, 7) is 0.421. The zero-order valence-corrected chi connectivity index (χ0v) is 11.3. The highest BCUT2D eigenvalue weighted by molar-refractivity contribution is 7.90. The first-order valence-electron chi connectivity index (χ1n) is 5.83. The van der Waals surface area contributed by atoms with Crippen molar-refractivity contribution in [3.8, 4) is 5.75 Å². The number of nitrogens with two attached hydrogens (primary N) is 1. The van der Waals surface area contributed by atoms with E-state index in [4.69, 9.17) is 10.6 Å². The van der Waals surface area contributed by atoms with E-state index in [1.165, 1.54) is 6.26 Å². The van der Waals surface area contributed by atoms with Crippen LogP contribution in [0.15, 0.2) is 30.3 Å². The van der Waals surface area contributed by atoms with Crippen molar-refractivity contribution in [3.63, 3.8) is 0 Å². The van der Waals surface area contributed by atoms with Crippen LogP contribution in [0.5, 0.6) is 5.75 Å². The first-order chi connectivity index (χ1) is 8.51. The molecule has 0 aliphatic rings. The molecule has 0 fully saturated rings. The highest BCUT2D eigenvalue weighted by Gasteiger charge is 2.09. The summed E-state index contributed by atoms with van der Waals surface area (Å²) in [5.74, 6) is 6.36. The first kappa shape index (κ1) is 14.9. The van der Waals surface area contributed by atoms with Gasteiger partial charge in [0, 0.05) is 12.0 Å². The maximum absolute atomic E-state index is 11.0. The van der Waals surface area contributed by atoms with E-state index in [2.05, 4.69) is 5.43 Å². The summed E-state index contributed by atoms with van der Waals surface area (Å²) >= 11 is 0. The van der Waals surface area contributed by atoms with Crippen molar-refractivity contribution in [2.24, 2.45) is 5.84 Å². The summed E-state index contributed by atoms with van der Waals surface area (Å²) in [6.07, 6.45) is 2.47. The third-order valence-corrected chi connectivity index (χ3v) is 3.53. The molecule has 0 saturated carbocycles. The van der Waals surface area contributed by atoms with E-state index in [1.807, 2.05) is 30.3 Å². The quantitative estimate of drug-likeness (QED) is 0.538. The Kier molecular flexibility index (Phi) is 6.11. The monoisotopic (exact) mass is 272 g/mol. The molecule has 0 amide bonds. The van der Waals surface area contributed by atoms with Gasteiger partial charge >= 0.3 is 0 Å². The number of hydrogen-bond acceptors (Lipinski definition) is 5. The van der Waals surface area contributed by atoms with Crippen LogP contribution in [0.3, 0.4) is 0 Å². The molecule has 1 rings (SSSR count). The number of hydrazine groups is 1. The lowest BCUT2D eigenvalue weighted by Crippen LogP contribution is -2.39. The van der Waals surface area contributed by atoms with Gasteiger partial charge in [0.15, 0.2) is 0 Å². The van der Waals surface area contributed by atoms with E-state index in [0.29, 0.717) is 19.4 Å². The first-order valence-corrected chi connectivity index (χ1v) is 7.89. The Morgan fingerprint density at radius 1 is 1.33 bits per heavy atom.